The second-order valence-corrected chi connectivity index (χ2v) is 16.6. The molecule has 1 atom stereocenters. The lowest BCUT2D eigenvalue weighted by Gasteiger charge is -2.29. The summed E-state index contributed by atoms with van der Waals surface area (Å²) in [6.07, 6.45) is 12.0. The van der Waals surface area contributed by atoms with E-state index in [1.165, 1.54) is 28.8 Å². The Morgan fingerprint density at radius 3 is 2.43 bits per heavy atom. The predicted octanol–water partition coefficient (Wildman–Crippen LogP) is 6.88. The first kappa shape index (κ1) is 38.7. The normalized spacial score (nSPS) is 14.8. The topological polar surface area (TPSA) is 113 Å². The van der Waals surface area contributed by atoms with Crippen LogP contribution in [0, 0.1) is 19.8 Å². The monoisotopic (exact) mass is 745 g/mol. The van der Waals surface area contributed by atoms with E-state index in [4.69, 9.17) is 4.98 Å². The van der Waals surface area contributed by atoms with Crippen molar-refractivity contribution in [1.82, 2.24) is 34.0 Å². The van der Waals surface area contributed by atoms with Gasteiger partial charge in [0.05, 0.1) is 28.0 Å². The van der Waals surface area contributed by atoms with E-state index in [9.17, 15) is 13.2 Å². The van der Waals surface area contributed by atoms with E-state index in [0.717, 1.165) is 58.9 Å². The maximum absolute atomic E-state index is 13.9. The Morgan fingerprint density at radius 1 is 0.963 bits per heavy atom. The minimum Gasteiger partial charge on any atom is -0.351 e. The highest BCUT2D eigenvalue weighted by Crippen LogP contribution is 2.25. The van der Waals surface area contributed by atoms with Gasteiger partial charge in [-0.2, -0.15) is 4.31 Å². The number of pyridine rings is 2. The molecular weight excluding hydrogens is 695 g/mol. The van der Waals surface area contributed by atoms with E-state index < -0.39 is 16.1 Å². The molecule has 0 unspecified atom stereocenters. The summed E-state index contributed by atoms with van der Waals surface area (Å²) >= 11 is 0. The number of nitrogens with zero attached hydrogens (tertiary/aromatic N) is 6. The maximum atomic E-state index is 13.9. The van der Waals surface area contributed by atoms with Crippen LogP contribution in [0.4, 0.5) is 0 Å². The third-order valence-electron chi connectivity index (χ3n) is 10.0. The van der Waals surface area contributed by atoms with Gasteiger partial charge in [-0.25, -0.2) is 18.4 Å². The number of imidazole rings is 1. The summed E-state index contributed by atoms with van der Waals surface area (Å²) in [5, 5.41) is 2.95. The number of amides is 1. The van der Waals surface area contributed by atoms with Crippen molar-refractivity contribution in [3.8, 4) is 0 Å². The molecule has 0 aliphatic carbocycles. The summed E-state index contributed by atoms with van der Waals surface area (Å²) in [7, 11) is -2.25. The maximum Gasteiger partial charge on any atom is 0.244 e. The lowest BCUT2D eigenvalue weighted by Crippen LogP contribution is -2.45. The van der Waals surface area contributed by atoms with Crippen molar-refractivity contribution in [2.45, 2.75) is 64.4 Å². The number of benzene rings is 2. The number of aryl methyl sites for hydroxylation is 2. The van der Waals surface area contributed by atoms with Crippen molar-refractivity contribution in [3.05, 3.63) is 131 Å². The average Bonchev–Trinajstić information content (AvgIpc) is 3.80. The summed E-state index contributed by atoms with van der Waals surface area (Å²) in [6.45, 7) is 11.9. The fraction of sp³-hybridized carbons (Fsp3) is 0.349. The van der Waals surface area contributed by atoms with Crippen LogP contribution in [0.25, 0.3) is 22.7 Å². The van der Waals surface area contributed by atoms with Crippen molar-refractivity contribution >= 4 is 38.6 Å². The zero-order chi connectivity index (χ0) is 38.2. The molecule has 282 valence electrons. The fourth-order valence-electron chi connectivity index (χ4n) is 6.94. The highest BCUT2D eigenvalue weighted by Gasteiger charge is 2.29. The third kappa shape index (κ3) is 9.57. The molecule has 5 aromatic rings. The van der Waals surface area contributed by atoms with Crippen LogP contribution in [-0.2, 0) is 21.4 Å². The standard InChI is InChI=1S/C43H51N7O3S/c1-31(2)27-37(48(5)54(52,53)38-18-13-34(14-19-38)30-50-33(4)46-41-29-44-23-21-42(41)50)28-45-43(51)20-17-36-9-8-10-40(47-36)39(22-26-49-24-6-7-25-49)35-15-11-32(3)12-16-35/h8-23,29,31,37H,6-7,24-28,30H2,1-5H3,(H,45,51)/b20-17+,39-22+/t37-/m0/s1. The van der Waals surface area contributed by atoms with Crippen LogP contribution in [0.2, 0.25) is 0 Å². The van der Waals surface area contributed by atoms with Gasteiger partial charge in [-0.1, -0.05) is 68.0 Å². The lowest BCUT2D eigenvalue weighted by molar-refractivity contribution is -0.116. The molecule has 1 aliphatic heterocycles. The first-order chi connectivity index (χ1) is 26.0. The van der Waals surface area contributed by atoms with E-state index in [1.807, 2.05) is 57.2 Å². The minimum absolute atomic E-state index is 0.168. The number of fused-ring (bicyclic) bond motifs is 1. The quantitative estimate of drug-likeness (QED) is 0.116. The Morgan fingerprint density at radius 2 is 1.70 bits per heavy atom. The highest BCUT2D eigenvalue weighted by molar-refractivity contribution is 7.89. The smallest absolute Gasteiger partial charge is 0.244 e. The van der Waals surface area contributed by atoms with Crippen LogP contribution < -0.4 is 5.32 Å². The first-order valence-corrected chi connectivity index (χ1v) is 20.2. The van der Waals surface area contributed by atoms with Crippen LogP contribution >= 0.6 is 0 Å². The number of rotatable bonds is 15. The Bertz CT molecular complexity index is 2220. The van der Waals surface area contributed by atoms with Crippen molar-refractivity contribution < 1.29 is 13.2 Å². The molecule has 1 amide bonds. The molecule has 54 heavy (non-hydrogen) atoms. The number of hydrogen-bond acceptors (Lipinski definition) is 7. The fourth-order valence-corrected chi connectivity index (χ4v) is 8.31. The van der Waals surface area contributed by atoms with Gasteiger partial charge in [-0.3, -0.25) is 14.7 Å². The largest absolute Gasteiger partial charge is 0.351 e. The summed E-state index contributed by atoms with van der Waals surface area (Å²) in [6, 6.07) is 22.8. The van der Waals surface area contributed by atoms with Crippen molar-refractivity contribution in [2.24, 2.45) is 5.92 Å². The molecule has 0 bridgehead atoms. The van der Waals surface area contributed by atoms with Crippen LogP contribution in [0.15, 0.2) is 102 Å². The summed E-state index contributed by atoms with van der Waals surface area (Å²) < 4.78 is 31.2. The van der Waals surface area contributed by atoms with E-state index in [-0.39, 0.29) is 23.3 Å². The molecule has 11 heteroatoms. The molecule has 10 nitrogen and oxygen atoms in total. The molecule has 1 aliphatic rings. The Labute approximate surface area is 319 Å². The molecule has 4 heterocycles. The minimum atomic E-state index is -3.84. The lowest BCUT2D eigenvalue weighted by atomic mass is 10.00. The second kappa shape index (κ2) is 17.4. The number of likely N-dealkylation sites (tertiary alicyclic amines) is 1. The number of aromatic nitrogens is 4. The molecule has 1 saturated heterocycles. The van der Waals surface area contributed by atoms with Crippen molar-refractivity contribution in [1.29, 1.82) is 0 Å². The van der Waals surface area contributed by atoms with Crippen LogP contribution in [0.1, 0.15) is 67.0 Å². The van der Waals surface area contributed by atoms with Crippen LogP contribution in [-0.4, -0.2) is 82.3 Å². The van der Waals surface area contributed by atoms with Gasteiger partial charge in [0.2, 0.25) is 15.9 Å². The van der Waals surface area contributed by atoms with Gasteiger partial charge in [0.25, 0.3) is 0 Å². The Balaban J connectivity index is 1.11. The van der Waals surface area contributed by atoms with Crippen molar-refractivity contribution in [2.75, 3.05) is 33.2 Å². The number of carbonyl (C=O) groups excluding carboxylic acids is 1. The molecule has 6 rings (SSSR count). The number of carbonyl (C=O) groups is 1. The third-order valence-corrected chi connectivity index (χ3v) is 11.9. The number of nitrogens with one attached hydrogen (secondary N) is 1. The number of sulfonamides is 1. The molecule has 0 spiro atoms. The predicted molar refractivity (Wildman–Crippen MR) is 216 cm³/mol. The van der Waals surface area contributed by atoms with Gasteiger partial charge in [-0.05, 0) is 99.7 Å². The van der Waals surface area contributed by atoms with E-state index in [2.05, 4.69) is 62.0 Å². The Hall–Kier alpha value is -4.97. The SMILES string of the molecule is Cc1ccc(/C(=C\CN2CCCC2)c2cccc(/C=C/C(=O)NC[C@H](CC(C)C)N(C)S(=O)(=O)c3ccc(Cn4c(C)nc5cnccc54)cc3)n2)cc1. The summed E-state index contributed by atoms with van der Waals surface area (Å²) in [5.41, 5.74) is 7.64. The Kier molecular flexibility index (Phi) is 12.5. The summed E-state index contributed by atoms with van der Waals surface area (Å²) in [4.78, 5) is 29.4. The first-order valence-electron chi connectivity index (χ1n) is 18.7. The van der Waals surface area contributed by atoms with Gasteiger partial charge >= 0.3 is 0 Å². The molecule has 0 saturated carbocycles. The van der Waals surface area contributed by atoms with Gasteiger partial charge < -0.3 is 9.88 Å². The van der Waals surface area contributed by atoms with E-state index in [0.29, 0.717) is 18.7 Å². The number of hydrogen-bond donors (Lipinski definition) is 1. The summed E-state index contributed by atoms with van der Waals surface area (Å²) in [5.74, 6) is 0.756. The number of likely N-dealkylation sites (N-methyl/N-ethyl adjacent to an activating group) is 1. The zero-order valence-electron chi connectivity index (χ0n) is 31.9. The zero-order valence-corrected chi connectivity index (χ0v) is 32.8. The second-order valence-electron chi connectivity index (χ2n) is 14.6. The van der Waals surface area contributed by atoms with Gasteiger partial charge in [0.15, 0.2) is 0 Å². The molecule has 3 aromatic heterocycles. The van der Waals surface area contributed by atoms with Gasteiger partial charge in [0.1, 0.15) is 11.3 Å². The molecule has 0 radical (unpaired) electrons. The van der Waals surface area contributed by atoms with Crippen molar-refractivity contribution in [3.63, 3.8) is 0 Å². The molecule has 1 N–H and O–H groups in total. The molecular formula is C43H51N7O3S. The van der Waals surface area contributed by atoms with Crippen LogP contribution in [0.5, 0.6) is 0 Å². The molecule has 2 aromatic carbocycles. The van der Waals surface area contributed by atoms with Gasteiger partial charge in [0, 0.05) is 50.6 Å². The molecule has 1 fully saturated rings. The average molecular weight is 746 g/mol. The van der Waals surface area contributed by atoms with E-state index >= 15 is 0 Å². The van der Waals surface area contributed by atoms with Gasteiger partial charge in [-0.15, -0.1) is 0 Å². The van der Waals surface area contributed by atoms with E-state index in [1.54, 1.807) is 37.7 Å². The highest BCUT2D eigenvalue weighted by atomic mass is 32.2. The van der Waals surface area contributed by atoms with Crippen LogP contribution in [0.3, 0.4) is 0 Å².